The van der Waals surface area contributed by atoms with Crippen molar-refractivity contribution in [3.8, 4) is 5.75 Å². The number of nitrogens with zero attached hydrogens (tertiary/aromatic N) is 2. The van der Waals surface area contributed by atoms with Gasteiger partial charge in [0, 0.05) is 61.7 Å². The third-order valence-electron chi connectivity index (χ3n) is 7.29. The van der Waals surface area contributed by atoms with Gasteiger partial charge in [-0.1, -0.05) is 6.07 Å². The van der Waals surface area contributed by atoms with Crippen LogP contribution in [-0.2, 0) is 29.0 Å². The molecule has 0 aliphatic carbocycles. The number of esters is 1. The molecule has 0 spiro atoms. The summed E-state index contributed by atoms with van der Waals surface area (Å²) in [6.45, 7) is 8.05. The summed E-state index contributed by atoms with van der Waals surface area (Å²) in [6, 6.07) is 8.71. The summed E-state index contributed by atoms with van der Waals surface area (Å²) >= 11 is 0. The third kappa shape index (κ3) is 4.69. The van der Waals surface area contributed by atoms with Crippen LogP contribution in [0.5, 0.6) is 5.75 Å². The second-order valence-electron chi connectivity index (χ2n) is 10.4. The fraction of sp³-hybridized carbons (Fsp3) is 0.464. The molecule has 1 saturated heterocycles. The van der Waals surface area contributed by atoms with Crippen LogP contribution in [-0.4, -0.2) is 39.7 Å². The summed E-state index contributed by atoms with van der Waals surface area (Å²) < 4.78 is 12.8. The monoisotopic (exact) mass is 492 g/mol. The SMILES string of the molecule is Cc1cc(=O)oc2c(CN3C[C@H]4C[C@@H](C3)c3cccc(=O)n3C4)c(O)c(CCC(=O)OC(C)C)cc12. The minimum atomic E-state index is -0.460. The largest absolute Gasteiger partial charge is 0.507 e. The fourth-order valence-corrected chi connectivity index (χ4v) is 5.81. The predicted molar refractivity (Wildman–Crippen MR) is 135 cm³/mol. The van der Waals surface area contributed by atoms with E-state index in [0.29, 0.717) is 42.1 Å². The van der Waals surface area contributed by atoms with E-state index in [0.717, 1.165) is 36.2 Å². The first-order chi connectivity index (χ1) is 17.2. The van der Waals surface area contributed by atoms with E-state index in [1.165, 1.54) is 6.07 Å². The van der Waals surface area contributed by atoms with E-state index in [1.807, 2.05) is 29.7 Å². The zero-order valence-electron chi connectivity index (χ0n) is 21.0. The number of phenolic OH excluding ortho intramolecular Hbond substituents is 1. The lowest BCUT2D eigenvalue weighted by molar-refractivity contribution is -0.147. The number of piperidine rings is 1. The molecular weight excluding hydrogens is 460 g/mol. The number of hydrogen-bond donors (Lipinski definition) is 1. The van der Waals surface area contributed by atoms with Crippen molar-refractivity contribution < 1.29 is 19.1 Å². The molecule has 8 heteroatoms. The Morgan fingerprint density at radius 1 is 1.19 bits per heavy atom. The van der Waals surface area contributed by atoms with Crippen molar-refractivity contribution in [2.24, 2.45) is 5.92 Å². The topological polar surface area (TPSA) is 102 Å². The second-order valence-corrected chi connectivity index (χ2v) is 10.4. The molecule has 5 rings (SSSR count). The zero-order chi connectivity index (χ0) is 25.6. The number of aryl methyl sites for hydroxylation is 2. The summed E-state index contributed by atoms with van der Waals surface area (Å²) in [5, 5.41) is 12.1. The normalized spacial score (nSPS) is 19.4. The highest BCUT2D eigenvalue weighted by Gasteiger charge is 2.35. The number of aromatic nitrogens is 1. The van der Waals surface area contributed by atoms with E-state index in [2.05, 4.69) is 4.90 Å². The van der Waals surface area contributed by atoms with Gasteiger partial charge in [0.15, 0.2) is 0 Å². The van der Waals surface area contributed by atoms with Crippen LogP contribution in [0.2, 0.25) is 0 Å². The van der Waals surface area contributed by atoms with Gasteiger partial charge in [-0.25, -0.2) is 4.79 Å². The first kappa shape index (κ1) is 24.3. The van der Waals surface area contributed by atoms with Crippen molar-refractivity contribution in [2.45, 2.75) is 65.1 Å². The minimum Gasteiger partial charge on any atom is -0.507 e. The maximum Gasteiger partial charge on any atom is 0.336 e. The van der Waals surface area contributed by atoms with E-state index in [9.17, 15) is 19.5 Å². The fourth-order valence-electron chi connectivity index (χ4n) is 5.81. The smallest absolute Gasteiger partial charge is 0.336 e. The Kier molecular flexibility index (Phi) is 6.47. The molecule has 2 atom stereocenters. The maximum atomic E-state index is 12.4. The lowest BCUT2D eigenvalue weighted by Crippen LogP contribution is -2.46. The molecule has 2 bridgehead atoms. The highest BCUT2D eigenvalue weighted by molar-refractivity contribution is 5.86. The third-order valence-corrected chi connectivity index (χ3v) is 7.29. The molecule has 190 valence electrons. The molecule has 0 amide bonds. The summed E-state index contributed by atoms with van der Waals surface area (Å²) in [7, 11) is 0. The maximum absolute atomic E-state index is 12.4. The molecule has 3 aromatic rings. The Bertz CT molecular complexity index is 1440. The van der Waals surface area contributed by atoms with Crippen LogP contribution in [0.1, 0.15) is 55.0 Å². The number of aromatic hydroxyl groups is 1. The highest BCUT2D eigenvalue weighted by atomic mass is 16.5. The first-order valence-corrected chi connectivity index (χ1v) is 12.6. The molecule has 2 aliphatic rings. The van der Waals surface area contributed by atoms with Crippen molar-refractivity contribution in [3.63, 3.8) is 0 Å². The number of carbonyl (C=O) groups excluding carboxylic acids is 1. The molecule has 8 nitrogen and oxygen atoms in total. The van der Waals surface area contributed by atoms with Crippen molar-refractivity contribution in [1.29, 1.82) is 0 Å². The average Bonchev–Trinajstić information content (AvgIpc) is 2.80. The van der Waals surface area contributed by atoms with Crippen molar-refractivity contribution >= 4 is 16.9 Å². The molecule has 1 aromatic carbocycles. The van der Waals surface area contributed by atoms with Gasteiger partial charge in [0.25, 0.3) is 5.56 Å². The van der Waals surface area contributed by atoms with Crippen LogP contribution in [0.3, 0.4) is 0 Å². The van der Waals surface area contributed by atoms with E-state index in [4.69, 9.17) is 9.15 Å². The molecule has 4 heterocycles. The number of benzene rings is 1. The second kappa shape index (κ2) is 9.58. The van der Waals surface area contributed by atoms with Gasteiger partial charge < -0.3 is 18.8 Å². The van der Waals surface area contributed by atoms with Crippen LogP contribution >= 0.6 is 0 Å². The van der Waals surface area contributed by atoms with Crippen LogP contribution < -0.4 is 11.2 Å². The van der Waals surface area contributed by atoms with Gasteiger partial charge in [0.05, 0.1) is 11.7 Å². The number of phenols is 1. The lowest BCUT2D eigenvalue weighted by Gasteiger charge is -2.42. The van der Waals surface area contributed by atoms with E-state index in [-0.39, 0.29) is 35.7 Å². The lowest BCUT2D eigenvalue weighted by atomic mass is 9.83. The number of rotatable bonds is 6. The first-order valence-electron chi connectivity index (χ1n) is 12.6. The van der Waals surface area contributed by atoms with E-state index in [1.54, 1.807) is 19.9 Å². The number of ether oxygens (including phenoxy) is 1. The van der Waals surface area contributed by atoms with Crippen LogP contribution in [0, 0.1) is 12.8 Å². The van der Waals surface area contributed by atoms with Crippen LogP contribution in [0.4, 0.5) is 0 Å². The van der Waals surface area contributed by atoms with Gasteiger partial charge >= 0.3 is 11.6 Å². The minimum absolute atomic E-state index is 0.0419. The predicted octanol–water partition coefficient (Wildman–Crippen LogP) is 3.47. The Balaban J connectivity index is 1.48. The molecule has 1 fully saturated rings. The van der Waals surface area contributed by atoms with Gasteiger partial charge in [0.2, 0.25) is 0 Å². The molecule has 2 aliphatic heterocycles. The number of carbonyl (C=O) groups is 1. The summed E-state index contributed by atoms with van der Waals surface area (Å²) in [6.07, 6.45) is 1.29. The van der Waals surface area contributed by atoms with Gasteiger partial charge in [-0.2, -0.15) is 0 Å². The van der Waals surface area contributed by atoms with Gasteiger partial charge in [-0.05, 0) is 62.8 Å². The number of hydrogen-bond acceptors (Lipinski definition) is 7. The number of pyridine rings is 1. The standard InChI is InChI=1S/C28H32N2O6/c1-16(2)35-25(32)8-7-19-11-21-17(3)9-26(33)36-28(21)22(27(19)34)15-29-12-18-10-20(14-29)23-5-4-6-24(31)30(23)13-18/h4-6,9,11,16,18,20,34H,7-8,10,12-15H2,1-3H3/t18-,20+/m1/s1. The Morgan fingerprint density at radius 3 is 2.78 bits per heavy atom. The van der Waals surface area contributed by atoms with Gasteiger partial charge in [-0.15, -0.1) is 0 Å². The van der Waals surface area contributed by atoms with Gasteiger partial charge in [-0.3, -0.25) is 14.5 Å². The number of likely N-dealkylation sites (tertiary alicyclic amines) is 1. The summed E-state index contributed by atoms with van der Waals surface area (Å²) in [5.74, 6) is 0.288. The Labute approximate surface area is 209 Å². The molecule has 36 heavy (non-hydrogen) atoms. The summed E-state index contributed by atoms with van der Waals surface area (Å²) in [4.78, 5) is 39.0. The molecular formula is C28H32N2O6. The van der Waals surface area contributed by atoms with Crippen molar-refractivity contribution in [2.75, 3.05) is 13.1 Å². The molecule has 0 radical (unpaired) electrons. The summed E-state index contributed by atoms with van der Waals surface area (Å²) in [5.41, 5.74) is 2.97. The Hall–Kier alpha value is -3.39. The molecule has 1 N–H and O–H groups in total. The van der Waals surface area contributed by atoms with E-state index >= 15 is 0 Å². The van der Waals surface area contributed by atoms with Crippen molar-refractivity contribution in [3.05, 3.63) is 73.5 Å². The highest BCUT2D eigenvalue weighted by Crippen LogP contribution is 2.38. The van der Waals surface area contributed by atoms with Crippen LogP contribution in [0.15, 0.2) is 44.3 Å². The number of fused-ring (bicyclic) bond motifs is 5. The molecule has 0 unspecified atom stereocenters. The Morgan fingerprint density at radius 2 is 2.00 bits per heavy atom. The average molecular weight is 493 g/mol. The zero-order valence-corrected chi connectivity index (χ0v) is 21.0. The van der Waals surface area contributed by atoms with Crippen LogP contribution in [0.25, 0.3) is 11.0 Å². The molecule has 2 aromatic heterocycles. The van der Waals surface area contributed by atoms with E-state index < -0.39 is 5.63 Å². The quantitative estimate of drug-likeness (QED) is 0.415. The van der Waals surface area contributed by atoms with Crippen molar-refractivity contribution in [1.82, 2.24) is 9.47 Å². The van der Waals surface area contributed by atoms with Gasteiger partial charge in [0.1, 0.15) is 11.3 Å². The molecule has 0 saturated carbocycles.